The van der Waals surface area contributed by atoms with Gasteiger partial charge >= 0.3 is 12.1 Å². The van der Waals surface area contributed by atoms with E-state index >= 15 is 0 Å². The van der Waals surface area contributed by atoms with Gasteiger partial charge in [0, 0.05) is 6.54 Å². The minimum absolute atomic E-state index is 0.206. The van der Waals surface area contributed by atoms with Crippen molar-refractivity contribution in [3.8, 4) is 0 Å². The average Bonchev–Trinajstić information content (AvgIpc) is 3.03. The number of nitrogens with one attached hydrogen (secondary N) is 2. The Bertz CT molecular complexity index is 827. The van der Waals surface area contributed by atoms with Gasteiger partial charge < -0.3 is 19.8 Å². The first-order valence-electron chi connectivity index (χ1n) is 8.60. The Morgan fingerprint density at radius 1 is 1.21 bits per heavy atom. The normalized spacial score (nSPS) is 12.0. The number of carbonyl (C=O) groups excluding carboxylic acids is 1. The molecule has 1 aromatic heterocycles. The topological polar surface area (TPSA) is 75.9 Å². The molecular formula is C19H22F3N3O3. The van der Waals surface area contributed by atoms with E-state index in [4.69, 9.17) is 4.42 Å². The van der Waals surface area contributed by atoms with E-state index in [9.17, 15) is 18.0 Å². The van der Waals surface area contributed by atoms with Crippen LogP contribution in [0.1, 0.15) is 39.9 Å². The largest absolute Gasteiger partial charge is 0.465 e. The van der Waals surface area contributed by atoms with Crippen LogP contribution in [0, 0.1) is 6.92 Å². The first kappa shape index (κ1) is 21.3. The maximum atomic E-state index is 12.6. The monoisotopic (exact) mass is 397 g/mol. The van der Waals surface area contributed by atoms with Gasteiger partial charge in [-0.05, 0) is 37.6 Å². The molecule has 0 atom stereocenters. The molecule has 1 heterocycles. The molecule has 0 aliphatic rings. The minimum Gasteiger partial charge on any atom is -0.465 e. The highest BCUT2D eigenvalue weighted by atomic mass is 19.4. The Kier molecular flexibility index (Phi) is 7.08. The highest BCUT2D eigenvalue weighted by Gasteiger charge is 2.29. The zero-order valence-corrected chi connectivity index (χ0v) is 15.8. The number of halogens is 3. The predicted molar refractivity (Wildman–Crippen MR) is 97.9 cm³/mol. The number of carbonyl (C=O) groups is 1. The molecule has 0 spiro atoms. The number of guanidine groups is 1. The summed E-state index contributed by atoms with van der Waals surface area (Å²) in [5.74, 6) is 0.972. The number of ether oxygens (including phenoxy) is 1. The predicted octanol–water partition coefficient (Wildman–Crippen LogP) is 3.65. The van der Waals surface area contributed by atoms with Crippen molar-refractivity contribution in [3.05, 3.63) is 58.5 Å². The van der Waals surface area contributed by atoms with Gasteiger partial charge in [0.05, 0.1) is 25.8 Å². The zero-order valence-electron chi connectivity index (χ0n) is 15.8. The third kappa shape index (κ3) is 5.77. The second-order valence-corrected chi connectivity index (χ2v) is 5.92. The molecular weight excluding hydrogens is 375 g/mol. The molecule has 0 fully saturated rings. The van der Waals surface area contributed by atoms with Crippen LogP contribution in [-0.4, -0.2) is 25.6 Å². The van der Waals surface area contributed by atoms with E-state index in [0.29, 0.717) is 35.2 Å². The van der Waals surface area contributed by atoms with E-state index in [-0.39, 0.29) is 13.1 Å². The molecule has 2 aromatic rings. The van der Waals surface area contributed by atoms with Crippen LogP contribution in [-0.2, 0) is 24.0 Å². The van der Waals surface area contributed by atoms with Gasteiger partial charge in [-0.2, -0.15) is 13.2 Å². The molecule has 0 aliphatic heterocycles. The Hall–Kier alpha value is -2.97. The number of methoxy groups -OCH3 is 1. The summed E-state index contributed by atoms with van der Waals surface area (Å²) in [4.78, 5) is 16.0. The lowest BCUT2D eigenvalue weighted by Crippen LogP contribution is -2.36. The van der Waals surface area contributed by atoms with Crippen molar-refractivity contribution < 1.29 is 27.1 Å². The summed E-state index contributed by atoms with van der Waals surface area (Å²) in [6.45, 7) is 4.64. The second-order valence-electron chi connectivity index (χ2n) is 5.92. The van der Waals surface area contributed by atoms with Crippen LogP contribution < -0.4 is 10.6 Å². The first-order valence-corrected chi connectivity index (χ1v) is 8.60. The molecule has 0 bridgehead atoms. The Balaban J connectivity index is 2.02. The van der Waals surface area contributed by atoms with E-state index in [0.717, 1.165) is 12.1 Å². The minimum atomic E-state index is -4.36. The summed E-state index contributed by atoms with van der Waals surface area (Å²) >= 11 is 0. The summed E-state index contributed by atoms with van der Waals surface area (Å²) < 4.78 is 48.0. The third-order valence-corrected chi connectivity index (χ3v) is 3.85. The molecule has 1 aromatic carbocycles. The molecule has 0 unspecified atom stereocenters. The smallest absolute Gasteiger partial charge is 0.416 e. The van der Waals surface area contributed by atoms with Crippen molar-refractivity contribution >= 4 is 11.9 Å². The van der Waals surface area contributed by atoms with E-state index in [1.165, 1.54) is 19.2 Å². The van der Waals surface area contributed by atoms with Crippen molar-refractivity contribution in [2.75, 3.05) is 13.7 Å². The summed E-state index contributed by atoms with van der Waals surface area (Å²) in [7, 11) is 1.30. The summed E-state index contributed by atoms with van der Waals surface area (Å²) in [5.41, 5.74) is 0.304. The second kappa shape index (κ2) is 9.29. The van der Waals surface area contributed by atoms with E-state index in [1.54, 1.807) is 13.0 Å². The van der Waals surface area contributed by atoms with E-state index < -0.39 is 17.7 Å². The maximum Gasteiger partial charge on any atom is 0.416 e. The summed E-state index contributed by atoms with van der Waals surface area (Å²) in [6.07, 6.45) is -4.36. The van der Waals surface area contributed by atoms with Gasteiger partial charge in [0.1, 0.15) is 17.1 Å². The van der Waals surface area contributed by atoms with Crippen LogP contribution in [0.4, 0.5) is 13.2 Å². The molecule has 9 heteroatoms. The van der Waals surface area contributed by atoms with Crippen LogP contribution in [0.3, 0.4) is 0 Å². The number of nitrogens with zero attached hydrogens (tertiary/aromatic N) is 1. The molecule has 0 aliphatic carbocycles. The number of esters is 1. The van der Waals surface area contributed by atoms with Gasteiger partial charge in [-0.3, -0.25) is 0 Å². The fourth-order valence-corrected chi connectivity index (χ4v) is 2.43. The number of aryl methyl sites for hydroxylation is 1. The molecule has 0 radical (unpaired) electrons. The van der Waals surface area contributed by atoms with Crippen LogP contribution in [0.5, 0.6) is 0 Å². The van der Waals surface area contributed by atoms with Gasteiger partial charge in [0.25, 0.3) is 0 Å². The lowest BCUT2D eigenvalue weighted by Gasteiger charge is -2.10. The third-order valence-electron chi connectivity index (χ3n) is 3.85. The van der Waals surface area contributed by atoms with Crippen molar-refractivity contribution in [1.82, 2.24) is 10.6 Å². The fraction of sp³-hybridized carbons (Fsp3) is 0.368. The number of alkyl halides is 3. The number of furan rings is 1. The van der Waals surface area contributed by atoms with Crippen LogP contribution in [0.15, 0.2) is 39.7 Å². The number of hydrogen-bond donors (Lipinski definition) is 2. The molecule has 0 saturated heterocycles. The average molecular weight is 397 g/mol. The Morgan fingerprint density at radius 2 is 1.89 bits per heavy atom. The molecule has 2 N–H and O–H groups in total. The first-order chi connectivity index (χ1) is 13.2. The van der Waals surface area contributed by atoms with Gasteiger partial charge in [-0.25, -0.2) is 9.79 Å². The highest BCUT2D eigenvalue weighted by Crippen LogP contribution is 2.29. The number of hydrogen-bond acceptors (Lipinski definition) is 4. The molecule has 0 saturated carbocycles. The Labute approximate surface area is 160 Å². The number of rotatable bonds is 6. The summed E-state index contributed by atoms with van der Waals surface area (Å²) in [6, 6.07) is 6.45. The van der Waals surface area contributed by atoms with Crippen molar-refractivity contribution in [1.29, 1.82) is 0 Å². The Morgan fingerprint density at radius 3 is 2.46 bits per heavy atom. The number of aliphatic imine (C=N–C) groups is 1. The molecule has 0 amide bonds. The molecule has 2 rings (SSSR count). The van der Waals surface area contributed by atoms with Gasteiger partial charge in [0.2, 0.25) is 0 Å². The van der Waals surface area contributed by atoms with Crippen molar-refractivity contribution in [2.45, 2.75) is 33.1 Å². The van der Waals surface area contributed by atoms with Gasteiger partial charge in [-0.1, -0.05) is 12.1 Å². The van der Waals surface area contributed by atoms with Crippen molar-refractivity contribution in [2.24, 2.45) is 4.99 Å². The lowest BCUT2D eigenvalue weighted by atomic mass is 10.1. The quantitative estimate of drug-likeness (QED) is 0.442. The maximum absolute atomic E-state index is 12.6. The van der Waals surface area contributed by atoms with Crippen LogP contribution in [0.25, 0.3) is 0 Å². The fourth-order valence-electron chi connectivity index (χ4n) is 2.43. The standard InChI is InChI=1S/C19H22F3N3O3/c1-4-23-18(24-10-13-5-7-14(8-6-13)19(20,21)22)25-11-15-9-16(12(2)28-15)17(26)27-3/h5-9H,4,10-11H2,1-3H3,(H2,23,24,25). The van der Waals surface area contributed by atoms with Crippen LogP contribution in [0.2, 0.25) is 0 Å². The molecule has 6 nitrogen and oxygen atoms in total. The van der Waals surface area contributed by atoms with Crippen molar-refractivity contribution in [3.63, 3.8) is 0 Å². The zero-order chi connectivity index (χ0) is 20.7. The summed E-state index contributed by atoms with van der Waals surface area (Å²) in [5, 5.41) is 6.09. The number of benzene rings is 1. The van der Waals surface area contributed by atoms with E-state index in [1.807, 2.05) is 6.92 Å². The molecule has 28 heavy (non-hydrogen) atoms. The SMILES string of the molecule is CCNC(=NCc1ccc(C(F)(F)F)cc1)NCc1cc(C(=O)OC)c(C)o1. The van der Waals surface area contributed by atoms with Gasteiger partial charge in [-0.15, -0.1) is 0 Å². The molecule has 152 valence electrons. The lowest BCUT2D eigenvalue weighted by molar-refractivity contribution is -0.137. The van der Waals surface area contributed by atoms with E-state index in [2.05, 4.69) is 20.4 Å². The van der Waals surface area contributed by atoms with Gasteiger partial charge in [0.15, 0.2) is 5.96 Å². The highest BCUT2D eigenvalue weighted by molar-refractivity contribution is 5.90. The van der Waals surface area contributed by atoms with Crippen LogP contribution >= 0.6 is 0 Å².